The summed E-state index contributed by atoms with van der Waals surface area (Å²) in [5, 5.41) is 22.9. The lowest BCUT2D eigenvalue weighted by Gasteiger charge is -2.45. The molecule has 6 nitrogen and oxygen atoms in total. The molecule has 0 spiro atoms. The largest absolute Gasteiger partial charge is 0.465 e. The Hall–Kier alpha value is -2.68. The summed E-state index contributed by atoms with van der Waals surface area (Å²) in [4.78, 5) is 26.2. The van der Waals surface area contributed by atoms with Crippen molar-refractivity contribution in [3.8, 4) is 12.1 Å². The van der Waals surface area contributed by atoms with Gasteiger partial charge in [-0.25, -0.2) is 0 Å². The summed E-state index contributed by atoms with van der Waals surface area (Å²) >= 11 is 6.73. The Bertz CT molecular complexity index is 1040. The van der Waals surface area contributed by atoms with Crippen LogP contribution in [0.3, 0.4) is 0 Å². The van der Waals surface area contributed by atoms with Crippen LogP contribution in [0.15, 0.2) is 57.5 Å². The molecule has 1 fully saturated rings. The van der Waals surface area contributed by atoms with Gasteiger partial charge in [-0.05, 0) is 42.3 Å². The molecule has 8 heteroatoms. The van der Waals surface area contributed by atoms with Gasteiger partial charge in [-0.1, -0.05) is 56.1 Å². The van der Waals surface area contributed by atoms with Gasteiger partial charge in [-0.15, -0.1) is 0 Å². The van der Waals surface area contributed by atoms with Crippen molar-refractivity contribution in [2.24, 2.45) is 11.3 Å². The number of ether oxygens (including phenoxy) is 1. The molecule has 0 saturated carbocycles. The Labute approximate surface area is 191 Å². The van der Waals surface area contributed by atoms with Crippen molar-refractivity contribution in [1.82, 2.24) is 5.32 Å². The highest BCUT2D eigenvalue weighted by Gasteiger charge is 2.62. The predicted molar refractivity (Wildman–Crippen MR) is 116 cm³/mol. The van der Waals surface area contributed by atoms with E-state index >= 15 is 0 Å². The van der Waals surface area contributed by atoms with E-state index in [1.165, 1.54) is 0 Å². The number of amides is 1. The van der Waals surface area contributed by atoms with Crippen molar-refractivity contribution in [1.29, 1.82) is 10.5 Å². The summed E-state index contributed by atoms with van der Waals surface area (Å²) in [5.41, 5.74) is -0.720. The molecule has 0 bridgehead atoms. The van der Waals surface area contributed by atoms with Gasteiger partial charge in [0.25, 0.3) is 0 Å². The Morgan fingerprint density at radius 2 is 1.60 bits per heavy atom. The third-order valence-electron chi connectivity index (χ3n) is 5.22. The van der Waals surface area contributed by atoms with E-state index in [2.05, 4.69) is 43.2 Å². The van der Waals surface area contributed by atoms with Gasteiger partial charge in [0.05, 0.1) is 24.8 Å². The van der Waals surface area contributed by atoms with Crippen LogP contribution in [-0.4, -0.2) is 18.5 Å². The summed E-state index contributed by atoms with van der Waals surface area (Å²) in [6.45, 7) is 1.71. The third kappa shape index (κ3) is 3.74. The van der Waals surface area contributed by atoms with Crippen LogP contribution in [0.1, 0.15) is 30.0 Å². The molecule has 1 aliphatic heterocycles. The number of carbonyl (C=O) groups is 2. The summed E-state index contributed by atoms with van der Waals surface area (Å²) in [5.74, 6) is -3.55. The number of hydrogen-bond acceptors (Lipinski definition) is 5. The normalized spacial score (nSPS) is 25.5. The summed E-state index contributed by atoms with van der Waals surface area (Å²) in [6.07, 6.45) is 0. The van der Waals surface area contributed by atoms with Gasteiger partial charge < -0.3 is 10.1 Å². The molecule has 2 aromatic carbocycles. The number of nitriles is 2. The molecule has 152 valence electrons. The summed E-state index contributed by atoms with van der Waals surface area (Å²) in [7, 11) is 0. The zero-order chi connectivity index (χ0) is 21.9. The second-order valence-corrected chi connectivity index (χ2v) is 8.66. The number of carbonyl (C=O) groups excluding carboxylic acids is 2. The number of nitrogens with zero attached hydrogens (tertiary/aromatic N) is 2. The molecule has 1 aliphatic rings. The summed E-state index contributed by atoms with van der Waals surface area (Å²) in [6, 6.07) is 17.1. The molecule has 30 heavy (non-hydrogen) atoms. The van der Waals surface area contributed by atoms with Gasteiger partial charge in [0, 0.05) is 14.9 Å². The third-order valence-corrected chi connectivity index (χ3v) is 6.28. The first-order valence-electron chi connectivity index (χ1n) is 9.18. The first-order valence-corrected chi connectivity index (χ1v) is 10.8. The number of benzene rings is 2. The fourth-order valence-corrected chi connectivity index (χ4v) is 4.40. The lowest BCUT2D eigenvalue weighted by molar-refractivity contribution is -0.159. The van der Waals surface area contributed by atoms with Crippen LogP contribution >= 0.6 is 31.9 Å². The topological polar surface area (TPSA) is 103 Å². The number of hydrogen-bond donors (Lipinski definition) is 1. The van der Waals surface area contributed by atoms with Gasteiger partial charge in [-0.2, -0.15) is 10.5 Å². The minimum Gasteiger partial charge on any atom is -0.465 e. The zero-order valence-corrected chi connectivity index (χ0v) is 19.1. The van der Waals surface area contributed by atoms with Crippen molar-refractivity contribution in [3.63, 3.8) is 0 Å². The molecule has 1 N–H and O–H groups in total. The second-order valence-electron chi connectivity index (χ2n) is 6.83. The predicted octanol–water partition coefficient (Wildman–Crippen LogP) is 4.38. The average molecular weight is 531 g/mol. The van der Waals surface area contributed by atoms with Crippen molar-refractivity contribution in [3.05, 3.63) is 68.6 Å². The van der Waals surface area contributed by atoms with Gasteiger partial charge in [0.15, 0.2) is 5.41 Å². The molecule has 4 atom stereocenters. The molecule has 1 saturated heterocycles. The summed E-state index contributed by atoms with van der Waals surface area (Å²) < 4.78 is 6.92. The molecule has 3 rings (SSSR count). The Balaban J connectivity index is 2.30. The first kappa shape index (κ1) is 22.0. The minimum atomic E-state index is -1.83. The molecule has 1 amide bonds. The highest BCUT2D eigenvalue weighted by molar-refractivity contribution is 9.10. The molecule has 0 aromatic heterocycles. The Morgan fingerprint density at radius 1 is 1.07 bits per heavy atom. The number of esters is 1. The minimum absolute atomic E-state index is 0.0630. The van der Waals surface area contributed by atoms with E-state index < -0.39 is 35.2 Å². The monoisotopic (exact) mass is 529 g/mol. The molecule has 0 radical (unpaired) electrons. The van der Waals surface area contributed by atoms with Crippen molar-refractivity contribution >= 4 is 43.7 Å². The Kier molecular flexibility index (Phi) is 6.60. The molecule has 2 aromatic rings. The lowest BCUT2D eigenvalue weighted by Crippen LogP contribution is -2.58. The van der Waals surface area contributed by atoms with Gasteiger partial charge >= 0.3 is 5.97 Å². The van der Waals surface area contributed by atoms with E-state index in [0.717, 1.165) is 8.95 Å². The van der Waals surface area contributed by atoms with E-state index in [-0.39, 0.29) is 6.61 Å². The molecule has 0 aliphatic carbocycles. The van der Waals surface area contributed by atoms with E-state index in [4.69, 9.17) is 4.74 Å². The number of nitrogens with one attached hydrogen (secondary N) is 1. The maximum atomic E-state index is 13.3. The van der Waals surface area contributed by atoms with E-state index in [0.29, 0.717) is 11.1 Å². The van der Waals surface area contributed by atoms with Crippen molar-refractivity contribution in [2.45, 2.75) is 18.9 Å². The maximum absolute atomic E-state index is 13.3. The molecular weight excluding hydrogens is 514 g/mol. The fraction of sp³-hybridized carbons (Fsp3) is 0.273. The van der Waals surface area contributed by atoms with E-state index in [1.807, 2.05) is 6.07 Å². The number of rotatable bonds is 4. The Morgan fingerprint density at radius 3 is 2.07 bits per heavy atom. The van der Waals surface area contributed by atoms with Crippen LogP contribution in [0.25, 0.3) is 0 Å². The van der Waals surface area contributed by atoms with Crippen molar-refractivity contribution < 1.29 is 14.3 Å². The maximum Gasteiger partial charge on any atom is 0.329 e. The quantitative estimate of drug-likeness (QED) is 0.591. The fourth-order valence-electron chi connectivity index (χ4n) is 3.87. The lowest BCUT2D eigenvalue weighted by atomic mass is 9.59. The average Bonchev–Trinajstić information content (AvgIpc) is 2.74. The highest BCUT2D eigenvalue weighted by Crippen LogP contribution is 2.53. The molecule has 0 unspecified atom stereocenters. The smallest absolute Gasteiger partial charge is 0.329 e. The van der Waals surface area contributed by atoms with Crippen LogP contribution in [0.5, 0.6) is 0 Å². The van der Waals surface area contributed by atoms with Crippen LogP contribution in [0, 0.1) is 34.0 Å². The molecule has 1 heterocycles. The highest BCUT2D eigenvalue weighted by atomic mass is 79.9. The van der Waals surface area contributed by atoms with Gasteiger partial charge in [0.1, 0.15) is 5.92 Å². The van der Waals surface area contributed by atoms with Crippen molar-refractivity contribution in [2.75, 3.05) is 6.61 Å². The van der Waals surface area contributed by atoms with Crippen LogP contribution < -0.4 is 5.32 Å². The van der Waals surface area contributed by atoms with Crippen LogP contribution in [0.2, 0.25) is 0 Å². The first-order chi connectivity index (χ1) is 14.4. The number of piperidine rings is 1. The zero-order valence-electron chi connectivity index (χ0n) is 15.9. The van der Waals surface area contributed by atoms with Crippen LogP contribution in [-0.2, 0) is 14.3 Å². The van der Waals surface area contributed by atoms with Crippen LogP contribution in [0.4, 0.5) is 0 Å². The van der Waals surface area contributed by atoms with E-state index in [1.54, 1.807) is 55.5 Å². The number of halogens is 2. The molecular formula is C22H17Br2N3O3. The standard InChI is InChI=1S/C22H17Br2N3O3/c1-2-30-21(29)22(12-26)18(13-3-7-15(23)8-4-13)17(11-25)20(28)27-19(22)14-5-9-16(24)10-6-14/h3-10,17-19H,2H2,1H3,(H,27,28)/t17-,18-,19-,22+/m1/s1. The second kappa shape index (κ2) is 8.99. The van der Waals surface area contributed by atoms with Gasteiger partial charge in [-0.3, -0.25) is 9.59 Å². The SMILES string of the molecule is CCOC(=O)[C@]1(C#N)[C@@H](c2ccc(Br)cc2)NC(=O)[C@H](C#N)[C@H]1c1ccc(Br)cc1. The van der Waals surface area contributed by atoms with E-state index in [9.17, 15) is 20.1 Å². The van der Waals surface area contributed by atoms with Gasteiger partial charge in [0.2, 0.25) is 5.91 Å².